The molecule has 1 N–H and O–H groups in total. The summed E-state index contributed by atoms with van der Waals surface area (Å²) in [5, 5.41) is 12.9. The maximum Gasteiger partial charge on any atom is 0.137 e. The van der Waals surface area contributed by atoms with Crippen LogP contribution in [0.2, 0.25) is 0 Å². The van der Waals surface area contributed by atoms with Gasteiger partial charge in [0.15, 0.2) is 0 Å². The summed E-state index contributed by atoms with van der Waals surface area (Å²) in [6.07, 6.45) is 6.71. The molecule has 2 unspecified atom stereocenters. The molecule has 2 atom stereocenters. The highest BCUT2D eigenvalue weighted by Gasteiger charge is 2.23. The lowest BCUT2D eigenvalue weighted by molar-refractivity contribution is 0.278. The van der Waals surface area contributed by atoms with Crippen molar-refractivity contribution in [2.75, 3.05) is 6.61 Å². The monoisotopic (exact) mass is 223 g/mol. The molecule has 3 nitrogen and oxygen atoms in total. The van der Waals surface area contributed by atoms with Crippen LogP contribution in [0.25, 0.3) is 0 Å². The van der Waals surface area contributed by atoms with Gasteiger partial charge in [0.05, 0.1) is 5.69 Å². The molecule has 90 valence electrons. The summed E-state index contributed by atoms with van der Waals surface area (Å²) in [6.45, 7) is 2.54. The van der Waals surface area contributed by atoms with Crippen molar-refractivity contribution in [3.8, 4) is 0 Å². The Morgan fingerprint density at radius 3 is 3.12 bits per heavy atom. The molecule has 0 bridgehead atoms. The number of aromatic nitrogens is 1. The van der Waals surface area contributed by atoms with Gasteiger partial charge in [0.2, 0.25) is 0 Å². The molecule has 1 aliphatic carbocycles. The van der Waals surface area contributed by atoms with E-state index >= 15 is 0 Å². The van der Waals surface area contributed by atoms with Crippen molar-refractivity contribution >= 4 is 0 Å². The van der Waals surface area contributed by atoms with E-state index < -0.39 is 0 Å². The normalized spacial score (nSPS) is 25.9. The predicted molar refractivity (Wildman–Crippen MR) is 62.3 cm³/mol. The number of rotatable bonds is 4. The Morgan fingerprint density at radius 1 is 1.50 bits per heavy atom. The van der Waals surface area contributed by atoms with Crippen LogP contribution in [-0.4, -0.2) is 16.9 Å². The van der Waals surface area contributed by atoms with Gasteiger partial charge in [-0.2, -0.15) is 0 Å². The zero-order valence-corrected chi connectivity index (χ0v) is 9.98. The second-order valence-electron chi connectivity index (χ2n) is 5.01. The number of hydrogen-bond acceptors (Lipinski definition) is 3. The van der Waals surface area contributed by atoms with Crippen molar-refractivity contribution in [2.24, 2.45) is 5.92 Å². The quantitative estimate of drug-likeness (QED) is 0.853. The molecule has 1 aromatic rings. The molecule has 0 aliphatic heterocycles. The van der Waals surface area contributed by atoms with Crippen molar-refractivity contribution in [2.45, 2.75) is 51.4 Å². The zero-order chi connectivity index (χ0) is 11.4. The van der Waals surface area contributed by atoms with Gasteiger partial charge in [0, 0.05) is 25.0 Å². The fourth-order valence-electron chi connectivity index (χ4n) is 2.60. The van der Waals surface area contributed by atoms with Crippen LogP contribution in [0.15, 0.2) is 10.6 Å². The molecule has 0 saturated heterocycles. The summed E-state index contributed by atoms with van der Waals surface area (Å²) in [5.74, 6) is 2.33. The van der Waals surface area contributed by atoms with E-state index in [2.05, 4.69) is 18.1 Å². The summed E-state index contributed by atoms with van der Waals surface area (Å²) in [7, 11) is 0. The maximum absolute atomic E-state index is 8.76. The van der Waals surface area contributed by atoms with Crippen LogP contribution < -0.4 is 0 Å². The first-order chi connectivity index (χ1) is 7.79. The molecular weight excluding hydrogens is 202 g/mol. The molecule has 1 fully saturated rings. The molecule has 3 heteroatoms. The third kappa shape index (κ3) is 2.85. The van der Waals surface area contributed by atoms with Crippen LogP contribution in [-0.2, 0) is 6.42 Å². The molecule has 1 saturated carbocycles. The van der Waals surface area contributed by atoms with Crippen LogP contribution in [0, 0.1) is 5.92 Å². The second-order valence-corrected chi connectivity index (χ2v) is 5.01. The molecule has 1 aliphatic rings. The van der Waals surface area contributed by atoms with Crippen LogP contribution in [0.3, 0.4) is 0 Å². The molecule has 0 aromatic carbocycles. The van der Waals surface area contributed by atoms with Gasteiger partial charge in [-0.1, -0.05) is 24.9 Å². The van der Waals surface area contributed by atoms with Gasteiger partial charge < -0.3 is 9.63 Å². The lowest BCUT2D eigenvalue weighted by Crippen LogP contribution is -2.11. The Morgan fingerprint density at radius 2 is 2.38 bits per heavy atom. The molecular formula is C13H21NO2. The number of hydrogen-bond donors (Lipinski definition) is 1. The summed E-state index contributed by atoms with van der Waals surface area (Å²) in [4.78, 5) is 0. The first-order valence-electron chi connectivity index (χ1n) is 6.36. The van der Waals surface area contributed by atoms with E-state index in [1.54, 1.807) is 0 Å². The average Bonchev–Trinajstić information content (AvgIpc) is 2.75. The van der Waals surface area contributed by atoms with E-state index in [1.165, 1.54) is 25.7 Å². The summed E-state index contributed by atoms with van der Waals surface area (Å²) in [6, 6.07) is 2.08. The Labute approximate surface area is 96.8 Å². The minimum absolute atomic E-state index is 0.219. The van der Waals surface area contributed by atoms with Crippen molar-refractivity contribution < 1.29 is 9.63 Å². The van der Waals surface area contributed by atoms with Crippen LogP contribution >= 0.6 is 0 Å². The highest BCUT2D eigenvalue weighted by molar-refractivity contribution is 5.11. The largest absolute Gasteiger partial charge is 0.396 e. The van der Waals surface area contributed by atoms with Gasteiger partial charge in [0.1, 0.15) is 5.76 Å². The van der Waals surface area contributed by atoms with Gasteiger partial charge >= 0.3 is 0 Å². The summed E-state index contributed by atoms with van der Waals surface area (Å²) >= 11 is 0. The standard InChI is InChI=1S/C13H21NO2/c1-10-4-2-5-11(8-10)13-9-12(16-14-13)6-3-7-15/h9-11,15H,2-8H2,1H3. The maximum atomic E-state index is 8.76. The topological polar surface area (TPSA) is 46.3 Å². The molecule has 0 radical (unpaired) electrons. The number of aryl methyl sites for hydroxylation is 1. The molecule has 1 heterocycles. The van der Waals surface area contributed by atoms with E-state index in [1.807, 2.05) is 0 Å². The van der Waals surface area contributed by atoms with Gasteiger partial charge in [-0.25, -0.2) is 0 Å². The Balaban J connectivity index is 1.95. The lowest BCUT2D eigenvalue weighted by atomic mass is 9.81. The zero-order valence-electron chi connectivity index (χ0n) is 9.98. The third-order valence-electron chi connectivity index (χ3n) is 3.51. The highest BCUT2D eigenvalue weighted by atomic mass is 16.5. The Bertz CT molecular complexity index is 321. The van der Waals surface area contributed by atoms with Crippen molar-refractivity contribution in [1.82, 2.24) is 5.16 Å². The Kier molecular flexibility index (Phi) is 3.99. The van der Waals surface area contributed by atoms with E-state index in [-0.39, 0.29) is 6.61 Å². The van der Waals surface area contributed by atoms with Crippen LogP contribution in [0.5, 0.6) is 0 Å². The molecule has 0 spiro atoms. The fourth-order valence-corrected chi connectivity index (χ4v) is 2.60. The van der Waals surface area contributed by atoms with Crippen molar-refractivity contribution in [1.29, 1.82) is 0 Å². The first kappa shape index (κ1) is 11.6. The minimum atomic E-state index is 0.219. The second kappa shape index (κ2) is 5.48. The van der Waals surface area contributed by atoms with Crippen LogP contribution in [0.4, 0.5) is 0 Å². The van der Waals surface area contributed by atoms with Crippen molar-refractivity contribution in [3.63, 3.8) is 0 Å². The lowest BCUT2D eigenvalue weighted by Gasteiger charge is -2.24. The Hall–Kier alpha value is -0.830. The fraction of sp³-hybridized carbons (Fsp3) is 0.769. The van der Waals surface area contributed by atoms with Crippen LogP contribution in [0.1, 0.15) is 56.4 Å². The number of aliphatic hydroxyl groups excluding tert-OH is 1. The van der Waals surface area contributed by atoms with Gasteiger partial charge in [-0.3, -0.25) is 0 Å². The SMILES string of the molecule is CC1CCCC(c2cc(CCCO)on2)C1. The van der Waals surface area contributed by atoms with E-state index in [4.69, 9.17) is 9.63 Å². The molecule has 0 amide bonds. The highest BCUT2D eigenvalue weighted by Crippen LogP contribution is 2.35. The third-order valence-corrected chi connectivity index (χ3v) is 3.51. The van der Waals surface area contributed by atoms with E-state index in [9.17, 15) is 0 Å². The first-order valence-corrected chi connectivity index (χ1v) is 6.36. The van der Waals surface area contributed by atoms with Crippen molar-refractivity contribution in [3.05, 3.63) is 17.5 Å². The van der Waals surface area contributed by atoms with Gasteiger partial charge in [0.25, 0.3) is 0 Å². The number of nitrogens with zero attached hydrogens (tertiary/aromatic N) is 1. The number of aliphatic hydroxyl groups is 1. The minimum Gasteiger partial charge on any atom is -0.396 e. The van der Waals surface area contributed by atoms with Gasteiger partial charge in [-0.05, 0) is 25.2 Å². The van der Waals surface area contributed by atoms with Gasteiger partial charge in [-0.15, -0.1) is 0 Å². The summed E-state index contributed by atoms with van der Waals surface area (Å²) < 4.78 is 5.29. The molecule has 16 heavy (non-hydrogen) atoms. The predicted octanol–water partition coefficient (Wildman–Crippen LogP) is 2.89. The summed E-state index contributed by atoms with van der Waals surface area (Å²) in [5.41, 5.74) is 1.12. The smallest absolute Gasteiger partial charge is 0.137 e. The average molecular weight is 223 g/mol. The molecule has 2 rings (SSSR count). The van der Waals surface area contributed by atoms with E-state index in [0.29, 0.717) is 5.92 Å². The molecule has 1 aromatic heterocycles. The van der Waals surface area contributed by atoms with E-state index in [0.717, 1.165) is 30.2 Å².